The van der Waals surface area contributed by atoms with E-state index in [1.54, 1.807) is 11.3 Å². The third kappa shape index (κ3) is 4.90. The summed E-state index contributed by atoms with van der Waals surface area (Å²) in [5.41, 5.74) is 4.49. The van der Waals surface area contributed by atoms with Gasteiger partial charge in [-0.25, -0.2) is 4.98 Å². The fraction of sp³-hybridized carbons (Fsp3) is 0.391. The lowest BCUT2D eigenvalue weighted by atomic mass is 10.2. The normalized spacial score (nSPS) is 11.2. The second-order valence-electron chi connectivity index (χ2n) is 7.66. The van der Waals surface area contributed by atoms with E-state index in [1.165, 1.54) is 0 Å². The van der Waals surface area contributed by atoms with Gasteiger partial charge in [0.2, 0.25) is 0 Å². The molecule has 2 heterocycles. The minimum absolute atomic E-state index is 0.0127. The van der Waals surface area contributed by atoms with Crippen molar-refractivity contribution in [1.29, 1.82) is 0 Å². The highest BCUT2D eigenvalue weighted by Gasteiger charge is 2.21. The molecule has 3 rings (SSSR count). The van der Waals surface area contributed by atoms with Crippen molar-refractivity contribution in [1.82, 2.24) is 14.9 Å². The lowest BCUT2D eigenvalue weighted by Gasteiger charge is -2.13. The first-order chi connectivity index (χ1) is 13.9. The van der Waals surface area contributed by atoms with Crippen molar-refractivity contribution in [3.63, 3.8) is 0 Å². The van der Waals surface area contributed by atoms with Crippen molar-refractivity contribution in [3.8, 4) is 22.0 Å². The summed E-state index contributed by atoms with van der Waals surface area (Å²) in [6.45, 7) is 10.0. The van der Waals surface area contributed by atoms with E-state index >= 15 is 0 Å². The summed E-state index contributed by atoms with van der Waals surface area (Å²) in [4.78, 5) is 17.6. The standard InChI is InChI=1S/C23H28ClN3OS/c1-5-6-11-25-22(28)18-12-21(27(16(18)4)13-15(2)3)20-14-29-23(26-20)17-9-7-8-10-19(17)24/h7-10,12,14-15H,5-6,11,13H2,1-4H3,(H,25,28). The second kappa shape index (κ2) is 9.59. The summed E-state index contributed by atoms with van der Waals surface area (Å²) in [6.07, 6.45) is 2.04. The Kier molecular flexibility index (Phi) is 7.14. The van der Waals surface area contributed by atoms with E-state index in [1.807, 2.05) is 42.6 Å². The molecule has 4 nitrogen and oxygen atoms in total. The Labute approximate surface area is 181 Å². The largest absolute Gasteiger partial charge is 0.352 e. The first kappa shape index (κ1) is 21.6. The zero-order valence-electron chi connectivity index (χ0n) is 17.5. The van der Waals surface area contributed by atoms with E-state index < -0.39 is 0 Å². The second-order valence-corrected chi connectivity index (χ2v) is 8.93. The van der Waals surface area contributed by atoms with E-state index in [4.69, 9.17) is 16.6 Å². The van der Waals surface area contributed by atoms with Crippen LogP contribution in [0.3, 0.4) is 0 Å². The quantitative estimate of drug-likeness (QED) is 0.419. The maximum atomic E-state index is 12.7. The number of benzene rings is 1. The Balaban J connectivity index is 1.99. The van der Waals surface area contributed by atoms with Crippen LogP contribution < -0.4 is 5.32 Å². The minimum atomic E-state index is -0.0127. The Morgan fingerprint density at radius 3 is 2.76 bits per heavy atom. The lowest BCUT2D eigenvalue weighted by molar-refractivity contribution is 0.0952. The number of halogens is 1. The molecule has 0 aliphatic carbocycles. The van der Waals surface area contributed by atoms with Crippen molar-refractivity contribution in [2.75, 3.05) is 6.54 Å². The van der Waals surface area contributed by atoms with Crippen molar-refractivity contribution >= 4 is 28.8 Å². The topological polar surface area (TPSA) is 46.9 Å². The van der Waals surface area contributed by atoms with Gasteiger partial charge in [-0.15, -0.1) is 11.3 Å². The first-order valence-electron chi connectivity index (χ1n) is 10.1. The number of rotatable bonds is 8. The molecule has 0 bridgehead atoms. The summed E-state index contributed by atoms with van der Waals surface area (Å²) in [6, 6.07) is 9.72. The fourth-order valence-electron chi connectivity index (χ4n) is 3.31. The van der Waals surface area contributed by atoms with Crippen LogP contribution in [0.1, 0.15) is 49.7 Å². The average molecular weight is 430 g/mol. The number of hydrogen-bond donors (Lipinski definition) is 1. The molecule has 1 N–H and O–H groups in total. The Morgan fingerprint density at radius 1 is 1.31 bits per heavy atom. The van der Waals surface area contributed by atoms with E-state index in [9.17, 15) is 4.79 Å². The molecule has 1 aromatic carbocycles. The summed E-state index contributed by atoms with van der Waals surface area (Å²) >= 11 is 7.92. The maximum Gasteiger partial charge on any atom is 0.253 e. The van der Waals surface area contributed by atoms with Crippen LogP contribution in [-0.4, -0.2) is 22.0 Å². The van der Waals surface area contributed by atoms with Crippen molar-refractivity contribution in [2.24, 2.45) is 5.92 Å². The zero-order chi connectivity index (χ0) is 21.0. The average Bonchev–Trinajstić information content (AvgIpc) is 3.28. The predicted octanol–water partition coefficient (Wildman–Crippen LogP) is 6.43. The Hall–Kier alpha value is -2.11. The molecule has 0 saturated heterocycles. The number of amides is 1. The van der Waals surface area contributed by atoms with Gasteiger partial charge in [-0.2, -0.15) is 0 Å². The molecule has 0 aliphatic rings. The number of unbranched alkanes of at least 4 members (excludes halogenated alkanes) is 1. The molecule has 0 unspecified atom stereocenters. The fourth-order valence-corrected chi connectivity index (χ4v) is 4.45. The molecule has 0 saturated carbocycles. The van der Waals surface area contributed by atoms with Crippen molar-refractivity contribution < 1.29 is 4.79 Å². The first-order valence-corrected chi connectivity index (χ1v) is 11.4. The number of nitrogens with one attached hydrogen (secondary N) is 1. The highest BCUT2D eigenvalue weighted by molar-refractivity contribution is 7.13. The van der Waals surface area contributed by atoms with E-state index in [0.717, 1.165) is 52.6 Å². The summed E-state index contributed by atoms with van der Waals surface area (Å²) < 4.78 is 2.21. The number of hydrogen-bond acceptors (Lipinski definition) is 3. The maximum absolute atomic E-state index is 12.7. The number of carbonyl (C=O) groups is 1. The molecule has 3 aromatic rings. The van der Waals surface area contributed by atoms with Crippen molar-refractivity contribution in [3.05, 3.63) is 52.0 Å². The van der Waals surface area contributed by atoms with Crippen LogP contribution in [0.4, 0.5) is 0 Å². The van der Waals surface area contributed by atoms with Gasteiger partial charge in [0.1, 0.15) is 5.01 Å². The molecular formula is C23H28ClN3OS. The van der Waals surface area contributed by atoms with Crippen LogP contribution in [0, 0.1) is 12.8 Å². The summed E-state index contributed by atoms with van der Waals surface area (Å²) in [7, 11) is 0. The molecule has 0 fully saturated rings. The highest BCUT2D eigenvalue weighted by atomic mass is 35.5. The van der Waals surface area contributed by atoms with Crippen LogP contribution in [0.2, 0.25) is 5.02 Å². The van der Waals surface area contributed by atoms with Gasteiger partial charge in [-0.3, -0.25) is 4.79 Å². The molecule has 0 aliphatic heterocycles. The van der Waals surface area contributed by atoms with Crippen LogP contribution >= 0.6 is 22.9 Å². The van der Waals surface area contributed by atoms with Gasteiger partial charge in [-0.1, -0.05) is 57.0 Å². The number of carbonyl (C=O) groups excluding carboxylic acids is 1. The van der Waals surface area contributed by atoms with Gasteiger partial charge in [0.25, 0.3) is 5.91 Å². The molecule has 2 aromatic heterocycles. The van der Waals surface area contributed by atoms with E-state index in [0.29, 0.717) is 17.5 Å². The molecule has 6 heteroatoms. The molecular weight excluding hydrogens is 402 g/mol. The smallest absolute Gasteiger partial charge is 0.253 e. The summed E-state index contributed by atoms with van der Waals surface area (Å²) in [5.74, 6) is 0.443. The monoisotopic (exact) mass is 429 g/mol. The SMILES string of the molecule is CCCCNC(=O)c1cc(-c2csc(-c3ccccc3Cl)n2)n(CC(C)C)c1C. The number of nitrogens with zero attached hydrogens (tertiary/aromatic N) is 2. The Bertz CT molecular complexity index is 990. The van der Waals surface area contributed by atoms with Crippen LogP contribution in [0.25, 0.3) is 22.0 Å². The van der Waals surface area contributed by atoms with Gasteiger partial charge < -0.3 is 9.88 Å². The molecule has 0 atom stereocenters. The third-order valence-electron chi connectivity index (χ3n) is 4.85. The van der Waals surface area contributed by atoms with Crippen LogP contribution in [-0.2, 0) is 6.54 Å². The molecule has 29 heavy (non-hydrogen) atoms. The van der Waals surface area contributed by atoms with Crippen molar-refractivity contribution in [2.45, 2.75) is 47.1 Å². The Morgan fingerprint density at radius 2 is 2.07 bits per heavy atom. The molecule has 0 spiro atoms. The predicted molar refractivity (Wildman–Crippen MR) is 123 cm³/mol. The van der Waals surface area contributed by atoms with Crippen LogP contribution in [0.15, 0.2) is 35.7 Å². The van der Waals surface area contributed by atoms with Gasteiger partial charge in [0.05, 0.1) is 22.0 Å². The third-order valence-corrected chi connectivity index (χ3v) is 6.05. The molecule has 1 amide bonds. The lowest BCUT2D eigenvalue weighted by Crippen LogP contribution is -2.24. The molecule has 0 radical (unpaired) electrons. The minimum Gasteiger partial charge on any atom is -0.352 e. The number of aromatic nitrogens is 2. The number of thiazole rings is 1. The van der Waals surface area contributed by atoms with Crippen LogP contribution in [0.5, 0.6) is 0 Å². The van der Waals surface area contributed by atoms with Gasteiger partial charge in [0.15, 0.2) is 0 Å². The van der Waals surface area contributed by atoms with Gasteiger partial charge >= 0.3 is 0 Å². The van der Waals surface area contributed by atoms with Gasteiger partial charge in [0, 0.05) is 29.7 Å². The molecule has 154 valence electrons. The highest BCUT2D eigenvalue weighted by Crippen LogP contribution is 2.34. The zero-order valence-corrected chi connectivity index (χ0v) is 19.0. The van der Waals surface area contributed by atoms with Gasteiger partial charge in [-0.05, 0) is 31.4 Å². The summed E-state index contributed by atoms with van der Waals surface area (Å²) in [5, 5.41) is 6.66. The van der Waals surface area contributed by atoms with E-state index in [-0.39, 0.29) is 5.91 Å². The van der Waals surface area contributed by atoms with E-state index in [2.05, 4.69) is 30.7 Å².